The zero-order valence-corrected chi connectivity index (χ0v) is 12.6. The molecule has 1 unspecified atom stereocenters. The third kappa shape index (κ3) is 4.67. The third-order valence-corrected chi connectivity index (χ3v) is 3.31. The van der Waals surface area contributed by atoms with Crippen molar-refractivity contribution in [2.45, 2.75) is 31.9 Å². The van der Waals surface area contributed by atoms with Crippen LogP contribution in [0.4, 0.5) is 0 Å². The number of ether oxygens (including phenoxy) is 2. The fourth-order valence-electron chi connectivity index (χ4n) is 1.95. The number of rotatable bonds is 8. The van der Waals surface area contributed by atoms with E-state index < -0.39 is 6.10 Å². The fraction of sp³-hybridized carbons (Fsp3) is 0.600. The molecule has 0 aromatic heterocycles. The molecule has 0 aliphatic rings. The number of benzene rings is 1. The molecule has 0 aliphatic heterocycles. The Balaban J connectivity index is 2.78. The van der Waals surface area contributed by atoms with Gasteiger partial charge < -0.3 is 25.0 Å². The van der Waals surface area contributed by atoms with Crippen LogP contribution < -0.4 is 14.8 Å². The predicted octanol–water partition coefficient (Wildman–Crippen LogP) is 1.49. The Kier molecular flexibility index (Phi) is 6.26. The van der Waals surface area contributed by atoms with Gasteiger partial charge in [0.15, 0.2) is 0 Å². The summed E-state index contributed by atoms with van der Waals surface area (Å²) in [5, 5.41) is 22.6. The lowest BCUT2D eigenvalue weighted by atomic mass is 10.00. The Hall–Kier alpha value is -1.30. The maximum Gasteiger partial charge on any atom is 0.124 e. The van der Waals surface area contributed by atoms with Gasteiger partial charge in [0.2, 0.25) is 0 Å². The van der Waals surface area contributed by atoms with E-state index in [-0.39, 0.29) is 12.1 Å². The summed E-state index contributed by atoms with van der Waals surface area (Å²) < 4.78 is 10.4. The van der Waals surface area contributed by atoms with Crippen LogP contribution in [0.25, 0.3) is 0 Å². The molecule has 0 saturated heterocycles. The molecular weight excluding hydrogens is 258 g/mol. The van der Waals surface area contributed by atoms with Gasteiger partial charge in [-0.25, -0.2) is 0 Å². The summed E-state index contributed by atoms with van der Waals surface area (Å²) in [6.45, 7) is 4.45. The SMILES string of the molecule is COc1ccc(OC)c(C(O)CNC(C)(C)CCO)c1. The van der Waals surface area contributed by atoms with Crippen LogP contribution in [0.3, 0.4) is 0 Å². The van der Waals surface area contributed by atoms with Crippen molar-refractivity contribution >= 4 is 0 Å². The molecule has 0 amide bonds. The Morgan fingerprint density at radius 2 is 1.95 bits per heavy atom. The maximum atomic E-state index is 10.3. The van der Waals surface area contributed by atoms with Crippen LogP contribution in [0.2, 0.25) is 0 Å². The Labute approximate surface area is 120 Å². The van der Waals surface area contributed by atoms with E-state index in [1.807, 2.05) is 13.8 Å². The minimum absolute atomic E-state index is 0.110. The number of β-amino-alcohol motifs (C(OH)–C–C–N with tert-alkyl or cyclic N) is 1. The molecule has 114 valence electrons. The van der Waals surface area contributed by atoms with Gasteiger partial charge in [-0.3, -0.25) is 0 Å². The first kappa shape index (κ1) is 16.8. The molecular formula is C15H25NO4. The minimum atomic E-state index is -0.710. The summed E-state index contributed by atoms with van der Waals surface area (Å²) in [7, 11) is 3.15. The molecule has 0 saturated carbocycles. The topological polar surface area (TPSA) is 71.0 Å². The van der Waals surface area contributed by atoms with E-state index in [0.717, 1.165) is 0 Å². The van der Waals surface area contributed by atoms with E-state index in [0.29, 0.717) is 30.0 Å². The first-order chi connectivity index (χ1) is 9.43. The lowest BCUT2D eigenvalue weighted by molar-refractivity contribution is 0.148. The lowest BCUT2D eigenvalue weighted by Crippen LogP contribution is -2.42. The molecule has 0 spiro atoms. The average Bonchev–Trinajstić information content (AvgIpc) is 2.44. The molecule has 5 nitrogen and oxygen atoms in total. The second-order valence-electron chi connectivity index (χ2n) is 5.36. The van der Waals surface area contributed by atoms with Crippen molar-refractivity contribution in [3.8, 4) is 11.5 Å². The zero-order chi connectivity index (χ0) is 15.2. The van der Waals surface area contributed by atoms with Gasteiger partial charge in [-0.1, -0.05) is 0 Å². The van der Waals surface area contributed by atoms with Gasteiger partial charge in [-0.2, -0.15) is 0 Å². The van der Waals surface area contributed by atoms with Crippen molar-refractivity contribution in [1.29, 1.82) is 0 Å². The van der Waals surface area contributed by atoms with Crippen LogP contribution in [-0.4, -0.2) is 43.1 Å². The third-order valence-electron chi connectivity index (χ3n) is 3.31. The number of aliphatic hydroxyl groups excluding tert-OH is 2. The quantitative estimate of drug-likeness (QED) is 0.674. The zero-order valence-electron chi connectivity index (χ0n) is 12.6. The van der Waals surface area contributed by atoms with Gasteiger partial charge in [0, 0.05) is 24.3 Å². The number of aliphatic hydroxyl groups is 2. The number of methoxy groups -OCH3 is 2. The molecule has 0 fully saturated rings. The highest BCUT2D eigenvalue weighted by molar-refractivity contribution is 5.41. The van der Waals surface area contributed by atoms with Crippen molar-refractivity contribution in [1.82, 2.24) is 5.32 Å². The molecule has 1 atom stereocenters. The number of hydrogen-bond acceptors (Lipinski definition) is 5. The van der Waals surface area contributed by atoms with E-state index in [1.165, 1.54) is 0 Å². The standard InChI is InChI=1S/C15H25NO4/c1-15(2,7-8-17)16-10-13(18)12-9-11(19-3)5-6-14(12)20-4/h5-6,9,13,16-18H,7-8,10H2,1-4H3. The van der Waals surface area contributed by atoms with Crippen LogP contribution in [-0.2, 0) is 0 Å². The van der Waals surface area contributed by atoms with Gasteiger partial charge >= 0.3 is 0 Å². The smallest absolute Gasteiger partial charge is 0.124 e. The Morgan fingerprint density at radius 3 is 2.50 bits per heavy atom. The number of nitrogens with one attached hydrogen (secondary N) is 1. The summed E-state index contributed by atoms with van der Waals surface area (Å²) >= 11 is 0. The first-order valence-electron chi connectivity index (χ1n) is 6.69. The molecule has 20 heavy (non-hydrogen) atoms. The molecule has 1 aromatic rings. The largest absolute Gasteiger partial charge is 0.497 e. The molecule has 0 radical (unpaired) electrons. The van der Waals surface area contributed by atoms with Crippen LogP contribution in [0.1, 0.15) is 31.9 Å². The molecule has 0 heterocycles. The molecule has 0 aliphatic carbocycles. The van der Waals surface area contributed by atoms with Gasteiger partial charge in [-0.15, -0.1) is 0 Å². The van der Waals surface area contributed by atoms with E-state index >= 15 is 0 Å². The predicted molar refractivity (Wildman–Crippen MR) is 78.3 cm³/mol. The summed E-state index contributed by atoms with van der Waals surface area (Å²) in [6, 6.07) is 5.33. The second-order valence-corrected chi connectivity index (χ2v) is 5.36. The van der Waals surface area contributed by atoms with Crippen molar-refractivity contribution in [2.75, 3.05) is 27.4 Å². The molecule has 1 rings (SSSR count). The van der Waals surface area contributed by atoms with Crippen molar-refractivity contribution in [3.63, 3.8) is 0 Å². The van der Waals surface area contributed by atoms with Gasteiger partial charge in [0.25, 0.3) is 0 Å². The van der Waals surface area contributed by atoms with Crippen LogP contribution in [0.15, 0.2) is 18.2 Å². The monoisotopic (exact) mass is 283 g/mol. The normalized spacial score (nSPS) is 13.1. The van der Waals surface area contributed by atoms with Crippen molar-refractivity contribution in [2.24, 2.45) is 0 Å². The Morgan fingerprint density at radius 1 is 1.25 bits per heavy atom. The fourth-order valence-corrected chi connectivity index (χ4v) is 1.95. The van der Waals surface area contributed by atoms with E-state index in [4.69, 9.17) is 14.6 Å². The molecule has 3 N–H and O–H groups in total. The van der Waals surface area contributed by atoms with E-state index in [1.54, 1.807) is 32.4 Å². The molecule has 0 bridgehead atoms. The maximum absolute atomic E-state index is 10.3. The lowest BCUT2D eigenvalue weighted by Gasteiger charge is -2.27. The van der Waals surface area contributed by atoms with E-state index in [2.05, 4.69) is 5.32 Å². The van der Waals surface area contributed by atoms with Crippen LogP contribution in [0, 0.1) is 0 Å². The van der Waals surface area contributed by atoms with Crippen molar-refractivity contribution in [3.05, 3.63) is 23.8 Å². The minimum Gasteiger partial charge on any atom is -0.497 e. The number of hydrogen-bond donors (Lipinski definition) is 3. The average molecular weight is 283 g/mol. The van der Waals surface area contributed by atoms with Gasteiger partial charge in [0.1, 0.15) is 11.5 Å². The molecule has 1 aromatic carbocycles. The molecule has 5 heteroatoms. The summed E-state index contributed by atoms with van der Waals surface area (Å²) in [4.78, 5) is 0. The second kappa shape index (κ2) is 7.47. The summed E-state index contributed by atoms with van der Waals surface area (Å²) in [6.07, 6.45) is -0.0902. The highest BCUT2D eigenvalue weighted by Crippen LogP contribution is 2.29. The highest BCUT2D eigenvalue weighted by atomic mass is 16.5. The van der Waals surface area contributed by atoms with Gasteiger partial charge in [0.05, 0.1) is 20.3 Å². The van der Waals surface area contributed by atoms with E-state index in [9.17, 15) is 5.11 Å². The van der Waals surface area contributed by atoms with Crippen LogP contribution in [0.5, 0.6) is 11.5 Å². The van der Waals surface area contributed by atoms with Gasteiger partial charge in [-0.05, 0) is 38.5 Å². The van der Waals surface area contributed by atoms with Crippen molar-refractivity contribution < 1.29 is 19.7 Å². The Bertz CT molecular complexity index is 420. The van der Waals surface area contributed by atoms with Crippen LogP contribution >= 0.6 is 0 Å². The summed E-state index contributed by atoms with van der Waals surface area (Å²) in [5.74, 6) is 1.30. The summed E-state index contributed by atoms with van der Waals surface area (Å²) in [5.41, 5.74) is 0.445. The first-order valence-corrected chi connectivity index (χ1v) is 6.69. The highest BCUT2D eigenvalue weighted by Gasteiger charge is 2.20.